The quantitative estimate of drug-likeness (QED) is 0.0221. The summed E-state index contributed by atoms with van der Waals surface area (Å²) in [6.45, 7) is 14.5. The van der Waals surface area contributed by atoms with Gasteiger partial charge in [-0.1, -0.05) is 271 Å². The molecule has 0 aromatic carbocycles. The minimum absolute atomic E-state index is 0. The zero-order chi connectivity index (χ0) is 61.6. The number of ether oxygens (including phenoxy) is 3. The van der Waals surface area contributed by atoms with Crippen molar-refractivity contribution in [3.8, 4) is 0 Å². The normalized spacial score (nSPS) is 14.3. The van der Waals surface area contributed by atoms with Gasteiger partial charge in [0.05, 0.1) is 17.9 Å². The molecule has 0 aliphatic carbocycles. The number of aliphatic hydroxyl groups excluding tert-OH is 3. The average Bonchev–Trinajstić information content (AvgIpc) is 3.41. The molecule has 0 aliphatic rings. The van der Waals surface area contributed by atoms with Gasteiger partial charge in [-0.25, -0.2) is 14.4 Å². The van der Waals surface area contributed by atoms with Crippen LogP contribution in [-0.2, 0) is 43.0 Å². The monoisotopic (exact) mass is 1180 g/mol. The molecule has 480 valence electrons. The van der Waals surface area contributed by atoms with Gasteiger partial charge in [0.25, 0.3) is 0 Å². The van der Waals surface area contributed by atoms with Crippen LogP contribution in [0.4, 0.5) is 0 Å². The van der Waals surface area contributed by atoms with E-state index in [1.165, 1.54) is 234 Å². The molecule has 0 rings (SSSR count). The van der Waals surface area contributed by atoms with E-state index in [1.54, 1.807) is 0 Å². The number of aliphatic carboxylic acids is 3. The summed E-state index contributed by atoms with van der Waals surface area (Å²) >= 11 is 0. The van der Waals surface area contributed by atoms with Crippen LogP contribution in [0, 0.1) is 0 Å². The molecule has 15 nitrogen and oxygen atoms in total. The number of hydrogen-bond donors (Lipinski definition) is 3. The van der Waals surface area contributed by atoms with Gasteiger partial charge in [0, 0.05) is 0 Å². The summed E-state index contributed by atoms with van der Waals surface area (Å²) in [6, 6.07) is 0. The van der Waals surface area contributed by atoms with Crippen LogP contribution in [0.25, 0.3) is 0 Å². The number of carbonyl (C=O) groups excluding carboxylic acids is 6. The molecule has 16 heteroatoms. The number of carboxylic acid groups (broad SMARTS) is 3. The van der Waals surface area contributed by atoms with E-state index in [1.807, 2.05) is 0 Å². The molecule has 0 aromatic rings. The first-order chi connectivity index (χ1) is 38.5. The number of hydrogen-bond acceptors (Lipinski definition) is 15. The smallest absolute Gasteiger partial charge is 0.546 e. The van der Waals surface area contributed by atoms with Crippen molar-refractivity contribution >= 4 is 53.2 Å². The number of carbonyl (C=O) groups is 6. The molecule has 0 heterocycles. The SMILES string of the molecule is CCCCCCCCCCCCCCCCC(C)(OC(=O)C(C)O)C(=O)[O-].CCCCCCCCCCCCCCCCC(C)(OC(=O)C(C)O)C(=O)[O-].CCCCCCCCCCCCCCCCC(C)(OC(=O)C(C)O)C(=O)[O-].[Al+3]. The molecule has 0 aromatic heterocycles. The van der Waals surface area contributed by atoms with E-state index in [2.05, 4.69) is 20.8 Å². The Labute approximate surface area is 510 Å². The van der Waals surface area contributed by atoms with Crippen molar-refractivity contribution in [1.82, 2.24) is 0 Å². The third kappa shape index (κ3) is 51.6. The number of rotatable bonds is 54. The van der Waals surface area contributed by atoms with Crippen LogP contribution in [0.5, 0.6) is 0 Å². The summed E-state index contributed by atoms with van der Waals surface area (Å²) < 4.78 is 14.8. The molecule has 82 heavy (non-hydrogen) atoms. The summed E-state index contributed by atoms with van der Waals surface area (Å²) in [7, 11) is 0. The predicted octanol–water partition coefficient (Wildman–Crippen LogP) is 12.5. The van der Waals surface area contributed by atoms with E-state index in [0.29, 0.717) is 19.3 Å². The minimum Gasteiger partial charge on any atom is -0.546 e. The van der Waals surface area contributed by atoms with Crippen LogP contribution in [-0.4, -0.2) is 104 Å². The van der Waals surface area contributed by atoms with Gasteiger partial charge in [0.1, 0.15) is 35.1 Å². The van der Waals surface area contributed by atoms with Gasteiger partial charge in [-0.2, -0.15) is 0 Å². The summed E-state index contributed by atoms with van der Waals surface area (Å²) in [4.78, 5) is 68.2. The number of aliphatic hydroxyl groups is 3. The number of unbranched alkanes of at least 4 members (excludes halogenated alkanes) is 39. The molecule has 0 amide bonds. The Bertz CT molecular complexity index is 1370. The Morgan fingerprint density at radius 3 is 0.524 bits per heavy atom. The van der Waals surface area contributed by atoms with Crippen LogP contribution in [0.1, 0.15) is 351 Å². The van der Waals surface area contributed by atoms with Crippen molar-refractivity contribution in [2.75, 3.05) is 0 Å². The molecular weight excluding hydrogens is 1060 g/mol. The topological polar surface area (TPSA) is 260 Å². The molecule has 0 saturated heterocycles. The van der Waals surface area contributed by atoms with Gasteiger partial charge in [-0.15, -0.1) is 0 Å². The van der Waals surface area contributed by atoms with Gasteiger partial charge in [-0.05, 0) is 80.1 Å². The maximum atomic E-state index is 11.4. The fourth-order valence-electron chi connectivity index (χ4n) is 9.48. The molecule has 0 aliphatic heterocycles. The second-order valence-electron chi connectivity index (χ2n) is 23.9. The third-order valence-corrected chi connectivity index (χ3v) is 15.3. The maximum Gasteiger partial charge on any atom is 3.00 e. The second kappa shape index (κ2) is 57.3. The van der Waals surface area contributed by atoms with Gasteiger partial charge in [-0.3, -0.25) is 0 Å². The summed E-state index contributed by atoms with van der Waals surface area (Å²) in [5.74, 6) is -7.00. The van der Waals surface area contributed by atoms with Crippen LogP contribution in [0.15, 0.2) is 0 Å². The van der Waals surface area contributed by atoms with Crippen LogP contribution in [0.2, 0.25) is 0 Å². The Balaban J connectivity index is -0.000000553. The first kappa shape index (κ1) is 85.7. The second-order valence-corrected chi connectivity index (χ2v) is 23.9. The largest absolute Gasteiger partial charge is 3.00 e. The third-order valence-electron chi connectivity index (χ3n) is 15.3. The van der Waals surface area contributed by atoms with E-state index < -0.39 is 70.9 Å². The number of carboxylic acids is 3. The van der Waals surface area contributed by atoms with E-state index in [-0.39, 0.29) is 36.6 Å². The Morgan fingerprint density at radius 2 is 0.415 bits per heavy atom. The Morgan fingerprint density at radius 1 is 0.293 bits per heavy atom. The van der Waals surface area contributed by atoms with Gasteiger partial charge < -0.3 is 59.2 Å². The maximum absolute atomic E-state index is 11.4. The summed E-state index contributed by atoms with van der Waals surface area (Å²) in [5.41, 5.74) is -4.98. The number of esters is 3. The van der Waals surface area contributed by atoms with Crippen molar-refractivity contribution < 1.29 is 73.6 Å². The van der Waals surface area contributed by atoms with E-state index >= 15 is 0 Å². The fourth-order valence-corrected chi connectivity index (χ4v) is 9.48. The minimum atomic E-state index is -1.66. The molecule has 6 atom stereocenters. The first-order valence-electron chi connectivity index (χ1n) is 32.9. The zero-order valence-electron chi connectivity index (χ0n) is 53.9. The van der Waals surface area contributed by atoms with Gasteiger partial charge in [0.2, 0.25) is 0 Å². The molecule has 6 unspecified atom stereocenters. The van der Waals surface area contributed by atoms with Crippen LogP contribution in [0.3, 0.4) is 0 Å². The molecule has 0 saturated carbocycles. The van der Waals surface area contributed by atoms with Crippen molar-refractivity contribution in [3.05, 3.63) is 0 Å². The average molecular weight is 1180 g/mol. The summed E-state index contributed by atoms with van der Waals surface area (Å²) in [6.07, 6.45) is 48.0. The van der Waals surface area contributed by atoms with Gasteiger partial charge >= 0.3 is 35.3 Å². The Hall–Kier alpha value is -2.77. The van der Waals surface area contributed by atoms with Crippen molar-refractivity contribution in [2.45, 2.75) is 386 Å². The molecule has 3 N–H and O–H groups in total. The molecular formula is C66H123AlO15. The zero-order valence-corrected chi connectivity index (χ0v) is 55.0. The molecule has 0 spiro atoms. The van der Waals surface area contributed by atoms with E-state index in [4.69, 9.17) is 14.2 Å². The Kier molecular flexibility index (Phi) is 59.9. The van der Waals surface area contributed by atoms with Crippen molar-refractivity contribution in [3.63, 3.8) is 0 Å². The summed E-state index contributed by atoms with van der Waals surface area (Å²) in [5, 5.41) is 61.3. The van der Waals surface area contributed by atoms with Crippen molar-refractivity contribution in [1.29, 1.82) is 0 Å². The molecule has 0 radical (unpaired) electrons. The van der Waals surface area contributed by atoms with Crippen LogP contribution >= 0.6 is 0 Å². The molecule has 0 fully saturated rings. The van der Waals surface area contributed by atoms with E-state index in [0.717, 1.165) is 57.8 Å². The molecule has 0 bridgehead atoms. The van der Waals surface area contributed by atoms with Crippen LogP contribution < -0.4 is 15.3 Å². The van der Waals surface area contributed by atoms with E-state index in [9.17, 15) is 59.4 Å². The fraction of sp³-hybridized carbons (Fsp3) is 0.909. The predicted molar refractivity (Wildman–Crippen MR) is 324 cm³/mol. The first-order valence-corrected chi connectivity index (χ1v) is 32.9. The standard InChI is InChI=1S/3C22H42O5.Al/c3*1-4-5-6-7-8-9-10-11-12-13-14-15-16-17-18-22(3,21(25)26)27-20(24)19(2)23;/h3*19,23H,4-18H2,1-3H3,(H,25,26);/q;;;+3/p-3. The van der Waals surface area contributed by atoms with Gasteiger partial charge in [0.15, 0.2) is 0 Å². The van der Waals surface area contributed by atoms with Crippen molar-refractivity contribution in [2.24, 2.45) is 0 Å².